The molecule has 0 spiro atoms. The van der Waals surface area contributed by atoms with Crippen molar-refractivity contribution in [3.63, 3.8) is 0 Å². The summed E-state index contributed by atoms with van der Waals surface area (Å²) in [6.07, 6.45) is 10.8. The van der Waals surface area contributed by atoms with Crippen LogP contribution < -0.4 is 9.47 Å². The Labute approximate surface area is 294 Å². The lowest BCUT2D eigenvalue weighted by atomic mass is 9.77. The summed E-state index contributed by atoms with van der Waals surface area (Å²) in [4.78, 5) is 59.5. The van der Waals surface area contributed by atoms with E-state index in [-0.39, 0.29) is 62.5 Å². The number of aryl methyl sites for hydroxylation is 1. The smallest absolute Gasteiger partial charge is 0.335 e. The van der Waals surface area contributed by atoms with Crippen molar-refractivity contribution in [3.05, 3.63) is 42.6 Å². The second-order valence-corrected chi connectivity index (χ2v) is 16.6. The van der Waals surface area contributed by atoms with E-state index >= 15 is 0 Å². The lowest BCUT2D eigenvalue weighted by molar-refractivity contribution is -0.152. The number of carbonyl (C=O) groups excluding carboxylic acids is 3. The van der Waals surface area contributed by atoms with Crippen LogP contribution in [0.25, 0.3) is 10.8 Å². The maximum atomic E-state index is 14.7. The van der Waals surface area contributed by atoms with Crippen LogP contribution >= 0.6 is 7.60 Å². The first-order valence-electron chi connectivity index (χ1n) is 18.3. The second-order valence-electron chi connectivity index (χ2n) is 14.5. The fourth-order valence-electron chi connectivity index (χ4n) is 8.49. The molecule has 2 aliphatic heterocycles. The third-order valence-electron chi connectivity index (χ3n) is 11.3. The van der Waals surface area contributed by atoms with Crippen LogP contribution in [0.2, 0.25) is 0 Å². The molecule has 1 aromatic carbocycles. The quantitative estimate of drug-likeness (QED) is 0.173. The standard InChI is InChI=1S/C38H51N2O9P/c1-4-28-22-38(28,50(44,45)48-5-2)23-33(41)32-20-29-24-40(32)37(43)31(25-12-8-6-9-13-25)21-35(42)47-17-11-7-10-14-27-18-30-26(19-34(27)46-3)15-16-39-36(30)49-29/h4,15-16,18-19,25,28-29,31-32H,1,5-14,17,20-24H2,2-3H3,(H,44,45)/t28?,29-,31+,32+,38?/m1/s1. The molecule has 2 aromatic rings. The summed E-state index contributed by atoms with van der Waals surface area (Å²) in [6, 6.07) is 5.00. The number of allylic oxidation sites excluding steroid dienone is 1. The van der Waals surface area contributed by atoms with E-state index < -0.39 is 36.8 Å². The van der Waals surface area contributed by atoms with Crippen molar-refractivity contribution in [2.45, 2.75) is 108 Å². The van der Waals surface area contributed by atoms with E-state index in [1.54, 1.807) is 31.2 Å². The lowest BCUT2D eigenvalue weighted by Gasteiger charge is -2.34. The Morgan fingerprint density at radius 2 is 1.96 bits per heavy atom. The van der Waals surface area contributed by atoms with E-state index in [0.29, 0.717) is 18.7 Å². The highest BCUT2D eigenvalue weighted by molar-refractivity contribution is 7.55. The van der Waals surface area contributed by atoms with E-state index in [0.717, 1.165) is 73.5 Å². The van der Waals surface area contributed by atoms with Gasteiger partial charge in [0.1, 0.15) is 11.9 Å². The second kappa shape index (κ2) is 15.5. The molecule has 3 unspecified atom stereocenters. The number of Topliss-reactive ketones (excluding diaryl/α,β-unsaturated/α-hetero) is 1. The molecule has 0 radical (unpaired) electrons. The number of nitrogens with zero attached hydrogens (tertiary/aromatic N) is 2. The molecule has 4 aliphatic rings. The Kier molecular flexibility index (Phi) is 11.4. The number of esters is 1. The van der Waals surface area contributed by atoms with Gasteiger partial charge in [-0.25, -0.2) is 4.98 Å². The van der Waals surface area contributed by atoms with Gasteiger partial charge in [0.15, 0.2) is 5.78 Å². The van der Waals surface area contributed by atoms with Gasteiger partial charge in [-0.3, -0.25) is 18.9 Å². The number of fused-ring (bicyclic) bond motifs is 3. The molecule has 1 amide bonds. The average Bonchev–Trinajstić information content (AvgIpc) is 3.68. The molecule has 1 N–H and O–H groups in total. The van der Waals surface area contributed by atoms with Crippen LogP contribution in [0.1, 0.15) is 89.5 Å². The Bertz CT molecular complexity index is 1640. The van der Waals surface area contributed by atoms with Gasteiger partial charge in [-0.2, -0.15) is 0 Å². The summed E-state index contributed by atoms with van der Waals surface area (Å²) in [7, 11) is -2.53. The zero-order valence-corrected chi connectivity index (χ0v) is 30.2. The Morgan fingerprint density at radius 1 is 1.18 bits per heavy atom. The Balaban J connectivity index is 1.37. The summed E-state index contributed by atoms with van der Waals surface area (Å²) in [5, 5.41) is 0.435. The minimum Gasteiger partial charge on any atom is -0.496 e. The van der Waals surface area contributed by atoms with Gasteiger partial charge in [-0.05, 0) is 92.9 Å². The fourth-order valence-corrected chi connectivity index (χ4v) is 10.4. The average molecular weight is 711 g/mol. The first kappa shape index (κ1) is 36.5. The van der Waals surface area contributed by atoms with Gasteiger partial charge in [0.25, 0.3) is 0 Å². The van der Waals surface area contributed by atoms with Crippen LogP contribution in [-0.2, 0) is 34.6 Å². The summed E-state index contributed by atoms with van der Waals surface area (Å²) in [5.74, 6) is -0.808. The van der Waals surface area contributed by atoms with Crippen molar-refractivity contribution < 1.29 is 42.6 Å². The van der Waals surface area contributed by atoms with E-state index in [4.69, 9.17) is 18.7 Å². The van der Waals surface area contributed by atoms with Gasteiger partial charge >= 0.3 is 13.6 Å². The van der Waals surface area contributed by atoms with Crippen molar-refractivity contribution in [1.29, 1.82) is 0 Å². The van der Waals surface area contributed by atoms with Crippen LogP contribution in [0.15, 0.2) is 37.1 Å². The number of ketones is 1. The molecule has 6 rings (SSSR count). The highest BCUT2D eigenvalue weighted by Gasteiger charge is 2.66. The molecule has 272 valence electrons. The van der Waals surface area contributed by atoms with Crippen LogP contribution in [0.3, 0.4) is 0 Å². The molecular formula is C38H51N2O9P. The number of rotatable bonds is 9. The predicted octanol–water partition coefficient (Wildman–Crippen LogP) is 6.57. The van der Waals surface area contributed by atoms with E-state index in [9.17, 15) is 23.8 Å². The van der Waals surface area contributed by atoms with Gasteiger partial charge in [0.2, 0.25) is 11.8 Å². The van der Waals surface area contributed by atoms with Gasteiger partial charge in [-0.1, -0.05) is 25.3 Å². The number of carbonyl (C=O) groups is 3. The molecule has 3 fully saturated rings. The Hall–Kier alpha value is -3.27. The molecule has 12 heteroatoms. The highest BCUT2D eigenvalue weighted by Crippen LogP contribution is 2.73. The van der Waals surface area contributed by atoms with Crippen LogP contribution in [0, 0.1) is 17.8 Å². The van der Waals surface area contributed by atoms with Crippen molar-refractivity contribution in [2.75, 3.05) is 26.9 Å². The van der Waals surface area contributed by atoms with Crippen molar-refractivity contribution >= 4 is 36.0 Å². The maximum Gasteiger partial charge on any atom is 0.335 e. The van der Waals surface area contributed by atoms with Gasteiger partial charge in [0.05, 0.1) is 50.4 Å². The zero-order valence-electron chi connectivity index (χ0n) is 29.3. The number of amides is 1. The predicted molar refractivity (Wildman–Crippen MR) is 188 cm³/mol. The van der Waals surface area contributed by atoms with Crippen LogP contribution in [0.5, 0.6) is 11.6 Å². The van der Waals surface area contributed by atoms with Gasteiger partial charge in [-0.15, -0.1) is 6.58 Å². The first-order chi connectivity index (χ1) is 24.1. The highest BCUT2D eigenvalue weighted by atomic mass is 31.2. The minimum atomic E-state index is -4.18. The Morgan fingerprint density at radius 3 is 2.68 bits per heavy atom. The molecule has 6 atom stereocenters. The zero-order chi connectivity index (χ0) is 35.5. The van der Waals surface area contributed by atoms with Crippen LogP contribution in [-0.4, -0.2) is 76.6 Å². The maximum absolute atomic E-state index is 14.7. The summed E-state index contributed by atoms with van der Waals surface area (Å²) in [5.41, 5.74) is 1.01. The normalized spacial score (nSPS) is 29.4. The van der Waals surface area contributed by atoms with Crippen molar-refractivity contribution in [2.24, 2.45) is 17.8 Å². The molecule has 50 heavy (non-hydrogen) atoms. The number of pyridine rings is 1. The van der Waals surface area contributed by atoms with Crippen molar-refractivity contribution in [3.8, 4) is 11.6 Å². The summed E-state index contributed by atoms with van der Waals surface area (Å²) in [6.45, 7) is 5.90. The molecular weight excluding hydrogens is 659 g/mol. The molecule has 3 heterocycles. The fraction of sp³-hybridized carbons (Fsp3) is 0.632. The summed E-state index contributed by atoms with van der Waals surface area (Å²) < 4.78 is 36.8. The van der Waals surface area contributed by atoms with E-state index in [1.165, 1.54) is 0 Å². The molecule has 1 aromatic heterocycles. The van der Waals surface area contributed by atoms with Gasteiger partial charge < -0.3 is 28.5 Å². The van der Waals surface area contributed by atoms with E-state index in [2.05, 4.69) is 11.6 Å². The van der Waals surface area contributed by atoms with Crippen LogP contribution in [0.4, 0.5) is 0 Å². The molecule has 11 nitrogen and oxygen atoms in total. The molecule has 2 aliphatic carbocycles. The number of aromatic nitrogens is 1. The number of methoxy groups -OCH3 is 1. The third kappa shape index (κ3) is 7.51. The number of hydrogen-bond donors (Lipinski definition) is 1. The topological polar surface area (TPSA) is 142 Å². The number of ether oxygens (including phenoxy) is 3. The SMILES string of the molecule is C=CC1CC1(CC(=O)[C@@H]1C[C@@H]2CN1C(=O)[C@H](C1CCCCC1)CC(=O)OCCCCCc1cc3c(nccc3cc1OC)O2)P(=O)(O)OCC. The minimum absolute atomic E-state index is 0.00575. The number of cyclic esters (lactones) is 1. The van der Waals surface area contributed by atoms with E-state index in [1.807, 2.05) is 18.2 Å². The number of benzene rings is 1. The number of hydrogen-bond acceptors (Lipinski definition) is 9. The molecule has 2 saturated carbocycles. The monoisotopic (exact) mass is 710 g/mol. The largest absolute Gasteiger partial charge is 0.496 e. The molecule has 4 bridgehead atoms. The molecule has 1 saturated heterocycles. The van der Waals surface area contributed by atoms with Crippen molar-refractivity contribution in [1.82, 2.24) is 9.88 Å². The van der Waals surface area contributed by atoms with Gasteiger partial charge in [0, 0.05) is 24.4 Å². The summed E-state index contributed by atoms with van der Waals surface area (Å²) >= 11 is 0. The first-order valence-corrected chi connectivity index (χ1v) is 19.9. The third-order valence-corrected chi connectivity index (χ3v) is 13.7. The lowest BCUT2D eigenvalue weighted by Crippen LogP contribution is -2.47.